The van der Waals surface area contributed by atoms with Crippen LogP contribution in [0.3, 0.4) is 0 Å². The van der Waals surface area contributed by atoms with Gasteiger partial charge in [-0.3, -0.25) is 0 Å². The molecule has 4 aromatic carbocycles. The van der Waals surface area contributed by atoms with Gasteiger partial charge in [0.1, 0.15) is 0 Å². The average Bonchev–Trinajstić information content (AvgIpc) is 2.96. The Labute approximate surface area is 228 Å². The standard InChI is InChI=1S/C34H26F2O4/c35-32(36)21-7-5-20(6-8-21)22-9-13-26-24(18-22)11-15-27-25-12-4-19(16-23(25)10-14-28(26)27)17-31-29(33(37)38)2-1-3-30(31)34(39)40/h1-8,10-12,15-16,18,22,32H,9,13-14,17H2,(H,37,38)(H,39,40). The van der Waals surface area contributed by atoms with E-state index in [1.54, 1.807) is 0 Å². The van der Waals surface area contributed by atoms with Crippen molar-refractivity contribution in [2.24, 2.45) is 0 Å². The molecule has 0 saturated carbocycles. The summed E-state index contributed by atoms with van der Waals surface area (Å²) in [5.74, 6) is -2.11. The van der Waals surface area contributed by atoms with Crippen molar-refractivity contribution in [3.05, 3.63) is 138 Å². The van der Waals surface area contributed by atoms with E-state index < -0.39 is 18.4 Å². The predicted octanol–water partition coefficient (Wildman–Crippen LogP) is 5.75. The van der Waals surface area contributed by atoms with Crippen molar-refractivity contribution in [2.75, 3.05) is 0 Å². The first kappa shape index (κ1) is 25.7. The fraction of sp³-hybridized carbons (Fsp3) is 0.176. The van der Waals surface area contributed by atoms with E-state index >= 15 is 0 Å². The van der Waals surface area contributed by atoms with Gasteiger partial charge in [0.25, 0.3) is 6.43 Å². The lowest BCUT2D eigenvalue weighted by Crippen LogP contribution is -2.22. The molecule has 2 aliphatic carbocycles. The number of alkyl halides is 2. The Bertz CT molecular complexity index is 1860. The van der Waals surface area contributed by atoms with E-state index in [4.69, 9.17) is 0 Å². The van der Waals surface area contributed by atoms with Crippen LogP contribution in [0.1, 0.15) is 72.9 Å². The lowest BCUT2D eigenvalue weighted by Gasteiger charge is -2.22. The maximum atomic E-state index is 13.0. The van der Waals surface area contributed by atoms with Crippen LogP contribution in [-0.4, -0.2) is 22.2 Å². The van der Waals surface area contributed by atoms with E-state index in [1.165, 1.54) is 51.9 Å². The van der Waals surface area contributed by atoms with Gasteiger partial charge in [-0.15, -0.1) is 0 Å². The Hall–Kier alpha value is -4.58. The summed E-state index contributed by atoms with van der Waals surface area (Å²) >= 11 is 0. The smallest absolute Gasteiger partial charge is 0.336 e. The monoisotopic (exact) mass is 536 g/mol. The van der Waals surface area contributed by atoms with Crippen molar-refractivity contribution < 1.29 is 28.6 Å². The van der Waals surface area contributed by atoms with Crippen molar-refractivity contribution in [3.63, 3.8) is 0 Å². The first-order valence-electron chi connectivity index (χ1n) is 13.2. The molecular weight excluding hydrogens is 510 g/mol. The van der Waals surface area contributed by atoms with Crippen molar-refractivity contribution in [2.45, 2.75) is 38.0 Å². The third kappa shape index (κ3) is 4.60. The second kappa shape index (κ2) is 10.2. The fourth-order valence-electron chi connectivity index (χ4n) is 6.13. The molecular formula is C34H26F2O4. The van der Waals surface area contributed by atoms with Crippen LogP contribution in [0.25, 0.3) is 12.2 Å². The third-order valence-corrected chi connectivity index (χ3v) is 8.12. The fourth-order valence-corrected chi connectivity index (χ4v) is 6.13. The number of halogens is 2. The Kier molecular flexibility index (Phi) is 6.54. The quantitative estimate of drug-likeness (QED) is 0.329. The van der Waals surface area contributed by atoms with Gasteiger partial charge in [-0.2, -0.15) is 0 Å². The molecule has 6 rings (SSSR count). The summed E-state index contributed by atoms with van der Waals surface area (Å²) in [6, 6.07) is 21.3. The van der Waals surface area contributed by atoms with Crippen molar-refractivity contribution in [1.82, 2.24) is 0 Å². The lowest BCUT2D eigenvalue weighted by molar-refractivity contribution is 0.0695. The van der Waals surface area contributed by atoms with Crippen molar-refractivity contribution in [3.8, 4) is 0 Å². The molecule has 2 aliphatic rings. The highest BCUT2D eigenvalue weighted by Crippen LogP contribution is 2.30. The van der Waals surface area contributed by atoms with Crippen LogP contribution in [0.4, 0.5) is 8.78 Å². The SMILES string of the molecule is O=C(O)c1cccc(C(=O)O)c1Cc1ccc2c(c1)=CCc1c3c(ccc1=2)=CC(c1ccc(C(F)F)cc1)CC3. The van der Waals surface area contributed by atoms with Crippen LogP contribution < -0.4 is 10.4 Å². The summed E-state index contributed by atoms with van der Waals surface area (Å²) in [6.45, 7) is 0. The largest absolute Gasteiger partial charge is 0.478 e. The normalized spacial score (nSPS) is 15.3. The second-order valence-electron chi connectivity index (χ2n) is 10.4. The first-order valence-corrected chi connectivity index (χ1v) is 13.2. The third-order valence-electron chi connectivity index (χ3n) is 8.12. The molecule has 0 aliphatic heterocycles. The van der Waals surface area contributed by atoms with E-state index in [0.29, 0.717) is 5.56 Å². The van der Waals surface area contributed by atoms with E-state index in [9.17, 15) is 28.6 Å². The second-order valence-corrected chi connectivity index (χ2v) is 10.4. The molecule has 0 saturated heterocycles. The minimum absolute atomic E-state index is 0.00177. The van der Waals surface area contributed by atoms with Crippen LogP contribution in [0.15, 0.2) is 72.8 Å². The van der Waals surface area contributed by atoms with Gasteiger partial charge < -0.3 is 10.2 Å². The highest BCUT2D eigenvalue weighted by molar-refractivity contribution is 5.96. The minimum atomic E-state index is -2.46. The summed E-state index contributed by atoms with van der Waals surface area (Å²) < 4.78 is 25.9. The Morgan fingerprint density at radius 1 is 0.825 bits per heavy atom. The molecule has 0 aromatic heterocycles. The zero-order valence-corrected chi connectivity index (χ0v) is 21.5. The maximum Gasteiger partial charge on any atom is 0.336 e. The van der Waals surface area contributed by atoms with Crippen LogP contribution in [-0.2, 0) is 19.3 Å². The van der Waals surface area contributed by atoms with Gasteiger partial charge in [0.2, 0.25) is 0 Å². The number of carboxylic acids is 2. The topological polar surface area (TPSA) is 74.6 Å². The minimum Gasteiger partial charge on any atom is -0.478 e. The number of carboxylic acid groups (broad SMARTS) is 2. The molecule has 40 heavy (non-hydrogen) atoms. The summed E-state index contributed by atoms with van der Waals surface area (Å²) in [6.07, 6.45) is 4.75. The van der Waals surface area contributed by atoms with Crippen LogP contribution in [0.2, 0.25) is 0 Å². The summed E-state index contributed by atoms with van der Waals surface area (Å²) in [5, 5.41) is 23.8. The van der Waals surface area contributed by atoms with Gasteiger partial charge in [0.15, 0.2) is 0 Å². The predicted molar refractivity (Wildman–Crippen MR) is 148 cm³/mol. The summed E-state index contributed by atoms with van der Waals surface area (Å²) in [4.78, 5) is 23.6. The number of hydrogen-bond acceptors (Lipinski definition) is 2. The van der Waals surface area contributed by atoms with Gasteiger partial charge in [-0.25, -0.2) is 18.4 Å². The number of benzene rings is 4. The molecule has 0 radical (unpaired) electrons. The lowest BCUT2D eigenvalue weighted by atomic mass is 9.82. The molecule has 0 spiro atoms. The zero-order valence-electron chi connectivity index (χ0n) is 21.5. The number of carbonyl (C=O) groups is 2. The Morgan fingerprint density at radius 2 is 1.52 bits per heavy atom. The molecule has 0 fully saturated rings. The molecule has 1 atom stereocenters. The molecule has 6 heteroatoms. The molecule has 0 bridgehead atoms. The van der Waals surface area contributed by atoms with Gasteiger partial charge >= 0.3 is 11.9 Å². The van der Waals surface area contributed by atoms with E-state index in [1.807, 2.05) is 30.3 Å². The van der Waals surface area contributed by atoms with Crippen molar-refractivity contribution in [1.29, 1.82) is 0 Å². The summed E-state index contributed by atoms with van der Waals surface area (Å²) in [7, 11) is 0. The average molecular weight is 537 g/mol. The number of hydrogen-bond donors (Lipinski definition) is 2. The number of aromatic carboxylic acids is 2. The number of rotatable bonds is 6. The van der Waals surface area contributed by atoms with Gasteiger partial charge in [0, 0.05) is 11.5 Å². The maximum absolute atomic E-state index is 13.0. The van der Waals surface area contributed by atoms with E-state index in [0.717, 1.165) is 40.8 Å². The molecule has 2 N–H and O–H groups in total. The Morgan fingerprint density at radius 3 is 2.20 bits per heavy atom. The Balaban J connectivity index is 1.38. The molecule has 0 heterocycles. The van der Waals surface area contributed by atoms with E-state index in [-0.39, 0.29) is 29.0 Å². The van der Waals surface area contributed by atoms with Gasteiger partial charge in [-0.1, -0.05) is 72.8 Å². The highest BCUT2D eigenvalue weighted by atomic mass is 19.3. The van der Waals surface area contributed by atoms with E-state index in [2.05, 4.69) is 24.3 Å². The summed E-state index contributed by atoms with van der Waals surface area (Å²) in [5.41, 5.74) is 4.85. The van der Waals surface area contributed by atoms with Crippen LogP contribution >= 0.6 is 0 Å². The first-order chi connectivity index (χ1) is 19.3. The zero-order chi connectivity index (χ0) is 28.0. The molecule has 200 valence electrons. The molecule has 1 unspecified atom stereocenters. The highest BCUT2D eigenvalue weighted by Gasteiger charge is 2.20. The number of fused-ring (bicyclic) bond motifs is 4. The van der Waals surface area contributed by atoms with Crippen LogP contribution in [0, 0.1) is 10.4 Å². The van der Waals surface area contributed by atoms with Gasteiger partial charge in [0.05, 0.1) is 11.1 Å². The van der Waals surface area contributed by atoms with Crippen LogP contribution in [0.5, 0.6) is 0 Å². The molecule has 4 nitrogen and oxygen atoms in total. The van der Waals surface area contributed by atoms with Gasteiger partial charge in [-0.05, 0) is 86.5 Å². The molecule has 0 amide bonds. The molecule has 4 aromatic rings. The van der Waals surface area contributed by atoms with Crippen molar-refractivity contribution >= 4 is 24.1 Å².